The molecule has 0 amide bonds. The van der Waals surface area contributed by atoms with Crippen LogP contribution < -0.4 is 4.90 Å². The minimum Gasteiger partial charge on any atom is -0.307 e. The van der Waals surface area contributed by atoms with Crippen LogP contribution in [0.5, 0.6) is 0 Å². The van der Waals surface area contributed by atoms with Crippen molar-refractivity contribution in [2.75, 3.05) is 4.90 Å². The lowest BCUT2D eigenvalue weighted by molar-refractivity contribution is 0.630. The van der Waals surface area contributed by atoms with Crippen LogP contribution in [-0.2, 0) is 0 Å². The number of hydrogen-bond acceptors (Lipinski definition) is 2. The highest BCUT2D eigenvalue weighted by Crippen LogP contribution is 2.46. The average Bonchev–Trinajstić information content (AvgIpc) is 3.48. The zero-order chi connectivity index (χ0) is 30.2. The van der Waals surface area contributed by atoms with E-state index in [1.165, 1.54) is 20.2 Å². The average molecular weight is 598 g/mol. The van der Waals surface area contributed by atoms with Gasteiger partial charge in [0.15, 0.2) is 0 Å². The fourth-order valence-corrected chi connectivity index (χ4v) is 7.29. The van der Waals surface area contributed by atoms with Crippen LogP contribution in [0.4, 0.5) is 21.5 Å². The van der Waals surface area contributed by atoms with Gasteiger partial charge >= 0.3 is 0 Å². The van der Waals surface area contributed by atoms with Gasteiger partial charge < -0.3 is 4.90 Å². The number of benzene rings is 7. The molecule has 0 bridgehead atoms. The van der Waals surface area contributed by atoms with Gasteiger partial charge in [0.25, 0.3) is 0 Å². The SMILES string of the molecule is Fc1cc(-c2ccccc2)cc(-c2ccccc2)c1N(c1ccc(-c2ccccc2)cc1)c1ccc2c(c1)sc1ccccc12. The van der Waals surface area contributed by atoms with Crippen molar-refractivity contribution in [1.29, 1.82) is 0 Å². The Morgan fingerprint density at radius 1 is 0.400 bits per heavy atom. The van der Waals surface area contributed by atoms with Crippen molar-refractivity contribution in [3.63, 3.8) is 0 Å². The summed E-state index contributed by atoms with van der Waals surface area (Å²) in [4.78, 5) is 2.07. The zero-order valence-corrected chi connectivity index (χ0v) is 25.2. The first-order chi connectivity index (χ1) is 22.2. The van der Waals surface area contributed by atoms with Crippen molar-refractivity contribution >= 4 is 48.6 Å². The standard InChI is InChI=1S/C42H28FNS/c43-39-27-33(30-14-6-2-7-15-30)26-38(32-16-8-3-9-17-32)42(39)44(34-22-20-31(21-23-34)29-12-4-1-5-13-29)35-24-25-37-36-18-10-11-19-40(36)45-41(37)28-35/h1-28H. The van der Waals surface area contributed by atoms with Crippen molar-refractivity contribution in [2.45, 2.75) is 0 Å². The Bertz CT molecular complexity index is 2260. The third-order valence-electron chi connectivity index (χ3n) is 8.33. The van der Waals surface area contributed by atoms with E-state index in [0.717, 1.165) is 44.8 Å². The molecule has 0 atom stereocenters. The Hall–Kier alpha value is -5.51. The number of fused-ring (bicyclic) bond motifs is 3. The molecular weight excluding hydrogens is 570 g/mol. The molecule has 1 heterocycles. The largest absolute Gasteiger partial charge is 0.307 e. The molecule has 0 saturated carbocycles. The van der Waals surface area contributed by atoms with Crippen LogP contribution in [0.25, 0.3) is 53.6 Å². The molecular formula is C42H28FNS. The van der Waals surface area contributed by atoms with Gasteiger partial charge in [-0.15, -0.1) is 11.3 Å². The summed E-state index contributed by atoms with van der Waals surface area (Å²) in [6, 6.07) is 57.7. The van der Waals surface area contributed by atoms with Crippen LogP contribution in [0.2, 0.25) is 0 Å². The maximum atomic E-state index is 16.9. The second-order valence-corrected chi connectivity index (χ2v) is 12.2. The molecule has 7 aromatic carbocycles. The van der Waals surface area contributed by atoms with Crippen LogP contribution in [0.1, 0.15) is 0 Å². The van der Waals surface area contributed by atoms with Gasteiger partial charge in [0.05, 0.1) is 5.69 Å². The molecule has 1 nitrogen and oxygen atoms in total. The molecule has 3 heteroatoms. The van der Waals surface area contributed by atoms with Crippen LogP contribution >= 0.6 is 11.3 Å². The molecule has 0 aliphatic heterocycles. The van der Waals surface area contributed by atoms with E-state index in [4.69, 9.17) is 0 Å². The number of nitrogens with zero attached hydrogens (tertiary/aromatic N) is 1. The molecule has 0 aliphatic rings. The van der Waals surface area contributed by atoms with E-state index in [1.807, 2.05) is 66.7 Å². The number of rotatable bonds is 6. The number of thiophene rings is 1. The number of halogens is 1. The van der Waals surface area contributed by atoms with E-state index in [1.54, 1.807) is 17.4 Å². The first-order valence-corrected chi connectivity index (χ1v) is 15.9. The van der Waals surface area contributed by atoms with Crippen molar-refractivity contribution in [3.8, 4) is 33.4 Å². The van der Waals surface area contributed by atoms with E-state index in [9.17, 15) is 0 Å². The van der Waals surface area contributed by atoms with Crippen molar-refractivity contribution < 1.29 is 4.39 Å². The van der Waals surface area contributed by atoms with E-state index >= 15 is 4.39 Å². The molecule has 0 N–H and O–H groups in total. The van der Waals surface area contributed by atoms with E-state index < -0.39 is 0 Å². The van der Waals surface area contributed by atoms with Crippen molar-refractivity contribution in [2.24, 2.45) is 0 Å². The summed E-state index contributed by atoms with van der Waals surface area (Å²) in [5.41, 5.74) is 8.18. The molecule has 45 heavy (non-hydrogen) atoms. The van der Waals surface area contributed by atoms with Gasteiger partial charge in [-0.3, -0.25) is 0 Å². The smallest absolute Gasteiger partial charge is 0.148 e. The predicted molar refractivity (Wildman–Crippen MR) is 190 cm³/mol. The van der Waals surface area contributed by atoms with Crippen LogP contribution in [0.3, 0.4) is 0 Å². The van der Waals surface area contributed by atoms with Crippen molar-refractivity contribution in [3.05, 3.63) is 176 Å². The molecule has 0 radical (unpaired) electrons. The third kappa shape index (κ3) is 5.08. The Kier molecular flexibility index (Phi) is 6.94. The minimum absolute atomic E-state index is 0.279. The molecule has 0 fully saturated rings. The number of hydrogen-bond donors (Lipinski definition) is 0. The summed E-state index contributed by atoms with van der Waals surface area (Å²) in [7, 11) is 0. The topological polar surface area (TPSA) is 3.24 Å². The van der Waals surface area contributed by atoms with Gasteiger partial charge in [0.2, 0.25) is 0 Å². The lowest BCUT2D eigenvalue weighted by Gasteiger charge is -2.29. The highest BCUT2D eigenvalue weighted by atomic mass is 32.1. The van der Waals surface area contributed by atoms with Crippen molar-refractivity contribution in [1.82, 2.24) is 0 Å². The van der Waals surface area contributed by atoms with Crippen LogP contribution in [0, 0.1) is 5.82 Å². The summed E-state index contributed by atoms with van der Waals surface area (Å²) in [6.45, 7) is 0. The van der Waals surface area contributed by atoms with E-state index in [0.29, 0.717) is 5.69 Å². The van der Waals surface area contributed by atoms with Gasteiger partial charge in [0, 0.05) is 37.1 Å². The van der Waals surface area contributed by atoms with E-state index in [-0.39, 0.29) is 5.82 Å². The summed E-state index contributed by atoms with van der Waals surface area (Å²) in [5, 5.41) is 2.45. The monoisotopic (exact) mass is 597 g/mol. The molecule has 8 rings (SSSR count). The summed E-state index contributed by atoms with van der Waals surface area (Å²) >= 11 is 1.77. The molecule has 0 spiro atoms. The lowest BCUT2D eigenvalue weighted by Crippen LogP contribution is -2.13. The van der Waals surface area contributed by atoms with Gasteiger partial charge in [-0.05, 0) is 70.3 Å². The predicted octanol–water partition coefficient (Wildman–Crippen LogP) is 12.7. The second kappa shape index (κ2) is 11.5. The maximum Gasteiger partial charge on any atom is 0.148 e. The van der Waals surface area contributed by atoms with Gasteiger partial charge in [0.1, 0.15) is 5.82 Å². The van der Waals surface area contributed by atoms with Gasteiger partial charge in [-0.2, -0.15) is 0 Å². The molecule has 8 aromatic rings. The fourth-order valence-electron chi connectivity index (χ4n) is 6.16. The zero-order valence-electron chi connectivity index (χ0n) is 24.4. The summed E-state index contributed by atoms with van der Waals surface area (Å²) in [5.74, 6) is -0.279. The number of anilines is 3. The first-order valence-electron chi connectivity index (χ1n) is 15.0. The third-order valence-corrected chi connectivity index (χ3v) is 9.47. The highest BCUT2D eigenvalue weighted by Gasteiger charge is 2.23. The summed E-state index contributed by atoms with van der Waals surface area (Å²) in [6.07, 6.45) is 0. The Balaban J connectivity index is 1.37. The lowest BCUT2D eigenvalue weighted by atomic mass is 9.95. The maximum absolute atomic E-state index is 16.9. The Labute approximate surface area is 266 Å². The molecule has 0 unspecified atom stereocenters. The quantitative estimate of drug-likeness (QED) is 0.184. The fraction of sp³-hybridized carbons (Fsp3) is 0. The summed E-state index contributed by atoms with van der Waals surface area (Å²) < 4.78 is 19.3. The van der Waals surface area contributed by atoms with E-state index in [2.05, 4.69) is 102 Å². The molecule has 0 aliphatic carbocycles. The molecule has 0 saturated heterocycles. The van der Waals surface area contributed by atoms with Crippen LogP contribution in [0.15, 0.2) is 170 Å². The highest BCUT2D eigenvalue weighted by molar-refractivity contribution is 7.25. The molecule has 214 valence electrons. The van der Waals surface area contributed by atoms with Gasteiger partial charge in [-0.25, -0.2) is 4.39 Å². The molecule has 1 aromatic heterocycles. The normalized spacial score (nSPS) is 11.2. The Morgan fingerprint density at radius 3 is 1.62 bits per heavy atom. The van der Waals surface area contributed by atoms with Gasteiger partial charge in [-0.1, -0.05) is 127 Å². The Morgan fingerprint density at radius 2 is 0.933 bits per heavy atom. The minimum atomic E-state index is -0.279. The first kappa shape index (κ1) is 27.1. The second-order valence-electron chi connectivity index (χ2n) is 11.1. The van der Waals surface area contributed by atoms with Crippen LogP contribution in [-0.4, -0.2) is 0 Å².